The Kier molecular flexibility index (Phi) is 3.22. The number of fused-ring (bicyclic) bond motifs is 6. The van der Waals surface area contributed by atoms with Crippen molar-refractivity contribution < 1.29 is 14.6 Å². The summed E-state index contributed by atoms with van der Waals surface area (Å²) in [7, 11) is 0. The number of allylic oxidation sites excluding steroid dienone is 1. The Balaban J connectivity index is 1.50. The SMILES string of the molecule is C[C@]12CC[C@@H](O)CC1=CC[C@H]1[C@H]2CC[C@@]2(C)[C@@H]1CC[C@]21C=CC(=O)O1. The van der Waals surface area contributed by atoms with E-state index in [1.165, 1.54) is 18.4 Å². The van der Waals surface area contributed by atoms with Crippen LogP contribution in [0.2, 0.25) is 0 Å². The normalized spacial score (nSPS) is 53.9. The van der Waals surface area contributed by atoms with Gasteiger partial charge in [0.1, 0.15) is 5.60 Å². The van der Waals surface area contributed by atoms with E-state index in [-0.39, 0.29) is 28.5 Å². The highest BCUT2D eigenvalue weighted by Gasteiger charge is 2.65. The van der Waals surface area contributed by atoms with Gasteiger partial charge in [0, 0.05) is 11.5 Å². The predicted molar refractivity (Wildman–Crippen MR) is 95.7 cm³/mol. The monoisotopic (exact) mass is 342 g/mol. The lowest BCUT2D eigenvalue weighted by Crippen LogP contribution is -2.54. The average molecular weight is 342 g/mol. The molecule has 0 aromatic carbocycles. The van der Waals surface area contributed by atoms with Gasteiger partial charge in [-0.25, -0.2) is 4.79 Å². The van der Waals surface area contributed by atoms with Crippen LogP contribution in [-0.2, 0) is 9.53 Å². The number of carbonyl (C=O) groups excluding carboxylic acids is 1. The molecule has 0 saturated heterocycles. The van der Waals surface area contributed by atoms with E-state index in [9.17, 15) is 9.90 Å². The molecule has 0 unspecified atom stereocenters. The summed E-state index contributed by atoms with van der Waals surface area (Å²) in [4.78, 5) is 11.8. The molecule has 4 aliphatic carbocycles. The molecule has 3 fully saturated rings. The minimum absolute atomic E-state index is 0.0900. The van der Waals surface area contributed by atoms with E-state index < -0.39 is 0 Å². The molecule has 0 amide bonds. The van der Waals surface area contributed by atoms with E-state index in [1.54, 1.807) is 6.08 Å². The van der Waals surface area contributed by atoms with Gasteiger partial charge < -0.3 is 9.84 Å². The maximum atomic E-state index is 11.8. The molecule has 5 aliphatic rings. The van der Waals surface area contributed by atoms with Crippen LogP contribution in [0.3, 0.4) is 0 Å². The van der Waals surface area contributed by atoms with Crippen molar-refractivity contribution in [2.24, 2.45) is 28.6 Å². The third-order valence-corrected chi connectivity index (χ3v) is 9.03. The Hall–Kier alpha value is -1.09. The highest BCUT2D eigenvalue weighted by molar-refractivity contribution is 5.85. The van der Waals surface area contributed by atoms with Gasteiger partial charge in [0.05, 0.1) is 6.10 Å². The Morgan fingerprint density at radius 1 is 1.12 bits per heavy atom. The van der Waals surface area contributed by atoms with Crippen molar-refractivity contribution in [3.63, 3.8) is 0 Å². The van der Waals surface area contributed by atoms with Gasteiger partial charge in [-0.2, -0.15) is 0 Å². The fourth-order valence-electron chi connectivity index (χ4n) is 7.57. The molecule has 0 bridgehead atoms. The van der Waals surface area contributed by atoms with Crippen LogP contribution in [0.15, 0.2) is 23.8 Å². The van der Waals surface area contributed by atoms with E-state index in [2.05, 4.69) is 26.0 Å². The van der Waals surface area contributed by atoms with E-state index >= 15 is 0 Å². The molecule has 3 heteroatoms. The second kappa shape index (κ2) is 5.00. The summed E-state index contributed by atoms with van der Waals surface area (Å²) in [5, 5.41) is 10.1. The molecule has 3 saturated carbocycles. The van der Waals surface area contributed by atoms with Gasteiger partial charge in [0.25, 0.3) is 0 Å². The van der Waals surface area contributed by atoms with Gasteiger partial charge in [-0.05, 0) is 80.6 Å². The number of hydrogen-bond donors (Lipinski definition) is 1. The molecule has 0 radical (unpaired) electrons. The fraction of sp³-hybridized carbons (Fsp3) is 0.773. The molecule has 1 spiro atoms. The molecule has 1 aliphatic heterocycles. The zero-order chi connectivity index (χ0) is 17.4. The van der Waals surface area contributed by atoms with Crippen molar-refractivity contribution in [2.45, 2.75) is 76.9 Å². The van der Waals surface area contributed by atoms with Crippen molar-refractivity contribution in [3.05, 3.63) is 23.8 Å². The lowest BCUT2D eigenvalue weighted by atomic mass is 9.47. The van der Waals surface area contributed by atoms with Crippen molar-refractivity contribution in [2.75, 3.05) is 0 Å². The first-order valence-corrected chi connectivity index (χ1v) is 10.2. The maximum Gasteiger partial charge on any atom is 0.331 e. The first-order valence-electron chi connectivity index (χ1n) is 10.2. The summed E-state index contributed by atoms with van der Waals surface area (Å²) in [6.07, 6.45) is 14.7. The van der Waals surface area contributed by atoms with E-state index in [1.807, 2.05) is 0 Å². The number of aliphatic hydroxyl groups is 1. The highest BCUT2D eigenvalue weighted by atomic mass is 16.6. The second-order valence-electron chi connectivity index (χ2n) is 9.79. The minimum Gasteiger partial charge on any atom is -0.451 e. The predicted octanol–water partition coefficient (Wildman–Crippen LogP) is 4.16. The summed E-state index contributed by atoms with van der Waals surface area (Å²) < 4.78 is 5.91. The van der Waals surface area contributed by atoms with E-state index in [0.29, 0.717) is 11.8 Å². The molecule has 0 aromatic heterocycles. The maximum absolute atomic E-state index is 11.8. The van der Waals surface area contributed by atoms with Crippen LogP contribution in [-0.4, -0.2) is 22.8 Å². The molecular formula is C22H30O3. The molecule has 1 heterocycles. The number of esters is 1. The van der Waals surface area contributed by atoms with Crippen LogP contribution in [0, 0.1) is 28.6 Å². The van der Waals surface area contributed by atoms with Crippen LogP contribution < -0.4 is 0 Å². The lowest BCUT2D eigenvalue weighted by Gasteiger charge is -2.58. The molecule has 3 nitrogen and oxygen atoms in total. The van der Waals surface area contributed by atoms with Crippen molar-refractivity contribution in [1.82, 2.24) is 0 Å². The van der Waals surface area contributed by atoms with Crippen molar-refractivity contribution in [1.29, 1.82) is 0 Å². The Bertz CT molecular complexity index is 679. The summed E-state index contributed by atoms with van der Waals surface area (Å²) in [5.41, 5.74) is 1.55. The number of hydrogen-bond acceptors (Lipinski definition) is 3. The van der Waals surface area contributed by atoms with Gasteiger partial charge in [-0.1, -0.05) is 25.5 Å². The largest absolute Gasteiger partial charge is 0.451 e. The molecule has 5 rings (SSSR count). The van der Waals surface area contributed by atoms with E-state index in [0.717, 1.165) is 44.4 Å². The van der Waals surface area contributed by atoms with Crippen molar-refractivity contribution >= 4 is 5.97 Å². The quantitative estimate of drug-likeness (QED) is 0.531. The van der Waals surface area contributed by atoms with Gasteiger partial charge in [-0.3, -0.25) is 0 Å². The lowest BCUT2D eigenvalue weighted by molar-refractivity contribution is -0.162. The minimum atomic E-state index is -0.340. The third kappa shape index (κ3) is 1.94. The Morgan fingerprint density at radius 3 is 2.68 bits per heavy atom. The standard InChI is InChI=1S/C22H30O3/c1-20-9-5-15(23)13-14(20)3-4-16-17(20)6-10-21(2)18(16)7-11-22(21)12-8-19(24)25-22/h3,8,12,15-18,23H,4-7,9-11,13H2,1-2H3/t15-,16+,17-,18-,20+,21+,22+/m1/s1. The van der Waals surface area contributed by atoms with E-state index in [4.69, 9.17) is 4.74 Å². The third-order valence-electron chi connectivity index (χ3n) is 9.03. The second-order valence-corrected chi connectivity index (χ2v) is 9.79. The fourth-order valence-corrected chi connectivity index (χ4v) is 7.57. The summed E-state index contributed by atoms with van der Waals surface area (Å²) in [5.74, 6) is 1.93. The molecule has 1 N–H and O–H groups in total. The summed E-state index contributed by atoms with van der Waals surface area (Å²) in [6.45, 7) is 4.85. The van der Waals surface area contributed by atoms with Gasteiger partial charge >= 0.3 is 5.97 Å². The smallest absolute Gasteiger partial charge is 0.331 e. The van der Waals surface area contributed by atoms with Crippen molar-refractivity contribution in [3.8, 4) is 0 Å². The molecule has 7 atom stereocenters. The molecule has 136 valence electrons. The Labute approximate surface area is 150 Å². The van der Waals surface area contributed by atoms with Crippen LogP contribution >= 0.6 is 0 Å². The van der Waals surface area contributed by atoms with Crippen LogP contribution in [0.25, 0.3) is 0 Å². The van der Waals surface area contributed by atoms with Crippen LogP contribution in [0.1, 0.15) is 65.2 Å². The molecule has 25 heavy (non-hydrogen) atoms. The number of aliphatic hydroxyl groups excluding tert-OH is 1. The van der Waals surface area contributed by atoms with Gasteiger partial charge in [0.15, 0.2) is 0 Å². The van der Waals surface area contributed by atoms with Gasteiger partial charge in [0.2, 0.25) is 0 Å². The zero-order valence-electron chi connectivity index (χ0n) is 15.5. The Morgan fingerprint density at radius 2 is 1.92 bits per heavy atom. The summed E-state index contributed by atoms with van der Waals surface area (Å²) in [6, 6.07) is 0. The van der Waals surface area contributed by atoms with Gasteiger partial charge in [-0.15, -0.1) is 0 Å². The first-order chi connectivity index (χ1) is 11.9. The zero-order valence-corrected chi connectivity index (χ0v) is 15.5. The molecular weight excluding hydrogens is 312 g/mol. The number of ether oxygens (including phenoxy) is 1. The average Bonchev–Trinajstić information content (AvgIpc) is 3.10. The number of rotatable bonds is 0. The summed E-state index contributed by atoms with van der Waals surface area (Å²) >= 11 is 0. The number of carbonyl (C=O) groups is 1. The highest BCUT2D eigenvalue weighted by Crippen LogP contribution is 2.68. The van der Waals surface area contributed by atoms with Crippen LogP contribution in [0.5, 0.6) is 0 Å². The first kappa shape index (κ1) is 16.1. The van der Waals surface area contributed by atoms with Crippen LogP contribution in [0.4, 0.5) is 0 Å². The molecule has 0 aromatic rings. The topological polar surface area (TPSA) is 46.5 Å².